The van der Waals surface area contributed by atoms with Crippen molar-refractivity contribution in [2.75, 3.05) is 0 Å². The van der Waals surface area contributed by atoms with Crippen LogP contribution in [0, 0.1) is 0 Å². The summed E-state index contributed by atoms with van der Waals surface area (Å²) in [7, 11) is 0. The number of rotatable bonds is 1. The van der Waals surface area contributed by atoms with Crippen LogP contribution in [0.3, 0.4) is 0 Å². The molecule has 12 heavy (non-hydrogen) atoms. The smallest absolute Gasteiger partial charge is 0.0725 e. The van der Waals surface area contributed by atoms with E-state index in [1.807, 2.05) is 6.07 Å². The largest absolute Gasteiger partial charge is 0.372 e. The highest BCUT2D eigenvalue weighted by Crippen LogP contribution is 2.19. The van der Waals surface area contributed by atoms with Gasteiger partial charge in [-0.25, -0.2) is 0 Å². The van der Waals surface area contributed by atoms with Crippen LogP contribution in [0.5, 0.6) is 0 Å². The van der Waals surface area contributed by atoms with Gasteiger partial charge in [-0.1, -0.05) is 12.1 Å². The standard InChI is InChI=1S/C9H10N2O/c10-11-4-7-1-2-8-5-12-6-9(8)3-7/h1-4H,5-6,10H2/b11-4+. The molecule has 0 atom stereocenters. The Morgan fingerprint density at radius 3 is 3.00 bits per heavy atom. The third-order valence-electron chi connectivity index (χ3n) is 1.97. The van der Waals surface area contributed by atoms with Crippen molar-refractivity contribution < 1.29 is 4.74 Å². The quantitative estimate of drug-likeness (QED) is 0.380. The molecule has 0 saturated carbocycles. The molecule has 2 rings (SSSR count). The van der Waals surface area contributed by atoms with Crippen LogP contribution in [0.25, 0.3) is 0 Å². The molecule has 62 valence electrons. The van der Waals surface area contributed by atoms with Crippen molar-refractivity contribution in [1.82, 2.24) is 0 Å². The highest BCUT2D eigenvalue weighted by molar-refractivity contribution is 5.79. The Kier molecular flexibility index (Phi) is 1.80. The SMILES string of the molecule is N/N=C/c1ccc2c(c1)COC2. The summed E-state index contributed by atoms with van der Waals surface area (Å²) >= 11 is 0. The lowest BCUT2D eigenvalue weighted by atomic mass is 10.1. The summed E-state index contributed by atoms with van der Waals surface area (Å²) in [6.45, 7) is 1.44. The van der Waals surface area contributed by atoms with Crippen LogP contribution >= 0.6 is 0 Å². The van der Waals surface area contributed by atoms with E-state index in [2.05, 4.69) is 17.2 Å². The van der Waals surface area contributed by atoms with Crippen molar-refractivity contribution in [3.63, 3.8) is 0 Å². The van der Waals surface area contributed by atoms with E-state index in [4.69, 9.17) is 10.6 Å². The van der Waals surface area contributed by atoms with Crippen LogP contribution in [0.15, 0.2) is 23.3 Å². The second-order valence-corrected chi connectivity index (χ2v) is 2.80. The van der Waals surface area contributed by atoms with Crippen molar-refractivity contribution in [1.29, 1.82) is 0 Å². The van der Waals surface area contributed by atoms with Crippen LogP contribution in [0.2, 0.25) is 0 Å². The fourth-order valence-electron chi connectivity index (χ4n) is 1.36. The molecule has 3 heteroatoms. The van der Waals surface area contributed by atoms with Gasteiger partial charge in [0.05, 0.1) is 19.4 Å². The molecule has 1 aliphatic rings. The average molecular weight is 162 g/mol. The molecule has 0 amide bonds. The fourth-order valence-corrected chi connectivity index (χ4v) is 1.36. The van der Waals surface area contributed by atoms with Gasteiger partial charge >= 0.3 is 0 Å². The number of hydrogen-bond donors (Lipinski definition) is 1. The third-order valence-corrected chi connectivity index (χ3v) is 1.97. The zero-order valence-electron chi connectivity index (χ0n) is 6.66. The molecule has 1 heterocycles. The molecule has 0 unspecified atom stereocenters. The van der Waals surface area contributed by atoms with Crippen molar-refractivity contribution >= 4 is 6.21 Å². The minimum absolute atomic E-state index is 0.710. The predicted molar refractivity (Wildman–Crippen MR) is 46.7 cm³/mol. The second kappa shape index (κ2) is 2.95. The molecule has 0 bridgehead atoms. The highest BCUT2D eigenvalue weighted by Gasteiger charge is 2.09. The van der Waals surface area contributed by atoms with Crippen LogP contribution in [-0.2, 0) is 18.0 Å². The van der Waals surface area contributed by atoms with E-state index >= 15 is 0 Å². The summed E-state index contributed by atoms with van der Waals surface area (Å²) in [5.41, 5.74) is 3.54. The van der Waals surface area contributed by atoms with Crippen LogP contribution in [0.1, 0.15) is 16.7 Å². The number of benzene rings is 1. The fraction of sp³-hybridized carbons (Fsp3) is 0.222. The second-order valence-electron chi connectivity index (χ2n) is 2.80. The first-order valence-electron chi connectivity index (χ1n) is 3.83. The Labute approximate surface area is 70.8 Å². The third kappa shape index (κ3) is 1.19. The van der Waals surface area contributed by atoms with Crippen molar-refractivity contribution in [3.05, 3.63) is 34.9 Å². The van der Waals surface area contributed by atoms with E-state index in [1.54, 1.807) is 6.21 Å². The Morgan fingerprint density at radius 1 is 1.33 bits per heavy atom. The molecule has 1 aromatic carbocycles. The highest BCUT2D eigenvalue weighted by atomic mass is 16.5. The average Bonchev–Trinajstić information content (AvgIpc) is 2.51. The molecule has 0 fully saturated rings. The molecular formula is C9H10N2O. The Balaban J connectivity index is 2.38. The Hall–Kier alpha value is -1.35. The van der Waals surface area contributed by atoms with E-state index in [0.29, 0.717) is 6.61 Å². The normalized spacial score (nSPS) is 15.3. The van der Waals surface area contributed by atoms with Crippen molar-refractivity contribution in [3.8, 4) is 0 Å². The lowest BCUT2D eigenvalue weighted by Crippen LogP contribution is -1.89. The maximum absolute atomic E-state index is 5.27. The molecular weight excluding hydrogens is 152 g/mol. The minimum Gasteiger partial charge on any atom is -0.372 e. The van der Waals surface area contributed by atoms with Gasteiger partial charge in [-0.3, -0.25) is 0 Å². The van der Waals surface area contributed by atoms with Crippen LogP contribution < -0.4 is 5.84 Å². The molecule has 1 aromatic rings. The van der Waals surface area contributed by atoms with Crippen LogP contribution in [-0.4, -0.2) is 6.21 Å². The lowest BCUT2D eigenvalue weighted by molar-refractivity contribution is 0.134. The van der Waals surface area contributed by atoms with Crippen LogP contribution in [0.4, 0.5) is 0 Å². The molecule has 0 aromatic heterocycles. The van der Waals surface area contributed by atoms with Gasteiger partial charge in [-0.15, -0.1) is 0 Å². The molecule has 2 N–H and O–H groups in total. The van der Waals surface area contributed by atoms with Crippen molar-refractivity contribution in [2.24, 2.45) is 10.9 Å². The maximum atomic E-state index is 5.27. The van der Waals surface area contributed by atoms with Gasteiger partial charge in [0.15, 0.2) is 0 Å². The minimum atomic E-state index is 0.710. The van der Waals surface area contributed by atoms with E-state index in [1.165, 1.54) is 11.1 Å². The summed E-state index contributed by atoms with van der Waals surface area (Å²) in [5.74, 6) is 5.04. The zero-order valence-corrected chi connectivity index (χ0v) is 6.66. The number of nitrogens with two attached hydrogens (primary N) is 1. The summed E-state index contributed by atoms with van der Waals surface area (Å²) in [5, 5.41) is 3.47. The summed E-state index contributed by atoms with van der Waals surface area (Å²) in [6, 6.07) is 6.10. The number of hydrogen-bond acceptors (Lipinski definition) is 3. The molecule has 0 saturated heterocycles. The molecule has 1 aliphatic heterocycles. The zero-order chi connectivity index (χ0) is 8.39. The molecule has 0 radical (unpaired) electrons. The van der Waals surface area contributed by atoms with E-state index in [9.17, 15) is 0 Å². The summed E-state index contributed by atoms with van der Waals surface area (Å²) < 4.78 is 5.27. The Bertz CT molecular complexity index is 320. The number of hydrazone groups is 1. The van der Waals surface area contributed by atoms with Gasteiger partial charge in [0, 0.05) is 0 Å². The first kappa shape index (κ1) is 7.31. The lowest BCUT2D eigenvalue weighted by Gasteiger charge is -1.96. The number of ether oxygens (including phenoxy) is 1. The van der Waals surface area contributed by atoms with Crippen molar-refractivity contribution in [2.45, 2.75) is 13.2 Å². The molecule has 0 aliphatic carbocycles. The first-order valence-corrected chi connectivity index (χ1v) is 3.83. The van der Waals surface area contributed by atoms with Gasteiger partial charge in [0.2, 0.25) is 0 Å². The van der Waals surface area contributed by atoms with Gasteiger partial charge < -0.3 is 10.6 Å². The van der Waals surface area contributed by atoms with Gasteiger partial charge in [-0.2, -0.15) is 5.10 Å². The van der Waals surface area contributed by atoms with Gasteiger partial charge in [-0.05, 0) is 22.8 Å². The topological polar surface area (TPSA) is 47.6 Å². The van der Waals surface area contributed by atoms with E-state index in [0.717, 1.165) is 12.2 Å². The van der Waals surface area contributed by atoms with Gasteiger partial charge in [0.1, 0.15) is 0 Å². The summed E-state index contributed by atoms with van der Waals surface area (Å²) in [6.07, 6.45) is 1.64. The van der Waals surface area contributed by atoms with Gasteiger partial charge in [0.25, 0.3) is 0 Å². The maximum Gasteiger partial charge on any atom is 0.0725 e. The predicted octanol–water partition coefficient (Wildman–Crippen LogP) is 1.01. The number of fused-ring (bicyclic) bond motifs is 1. The number of nitrogens with zero attached hydrogens (tertiary/aromatic N) is 1. The monoisotopic (exact) mass is 162 g/mol. The Morgan fingerprint density at radius 2 is 2.17 bits per heavy atom. The van der Waals surface area contributed by atoms with E-state index in [-0.39, 0.29) is 0 Å². The van der Waals surface area contributed by atoms with E-state index < -0.39 is 0 Å². The first-order chi connectivity index (χ1) is 5.90. The molecule has 3 nitrogen and oxygen atoms in total. The molecule has 0 spiro atoms. The summed E-state index contributed by atoms with van der Waals surface area (Å²) in [4.78, 5) is 0.